The molecule has 0 atom stereocenters. The van der Waals surface area contributed by atoms with Crippen molar-refractivity contribution in [3.8, 4) is 0 Å². The highest BCUT2D eigenvalue weighted by Crippen LogP contribution is 2.27. The van der Waals surface area contributed by atoms with Crippen molar-refractivity contribution >= 4 is 38.8 Å². The van der Waals surface area contributed by atoms with Gasteiger partial charge < -0.3 is 13.7 Å². The molecule has 0 aliphatic carbocycles. The Bertz CT molecular complexity index is 1330. The molecular formula is C23H23N3O5S2. The lowest BCUT2D eigenvalue weighted by Crippen LogP contribution is -2.31. The number of amides is 1. The number of aromatic nitrogens is 1. The maximum Gasteiger partial charge on any atom is 0.257 e. The van der Waals surface area contributed by atoms with Gasteiger partial charge in [-0.05, 0) is 35.9 Å². The molecule has 0 saturated heterocycles. The quantitative estimate of drug-likeness (QED) is 0.331. The van der Waals surface area contributed by atoms with Crippen LogP contribution in [0.15, 0.2) is 85.9 Å². The van der Waals surface area contributed by atoms with Gasteiger partial charge in [-0.3, -0.25) is 4.79 Å². The van der Waals surface area contributed by atoms with Crippen LogP contribution in [0.5, 0.6) is 0 Å². The van der Waals surface area contributed by atoms with Crippen LogP contribution in [-0.2, 0) is 27.9 Å². The Morgan fingerprint density at radius 3 is 2.52 bits per heavy atom. The third kappa shape index (κ3) is 5.47. The Hall–Kier alpha value is -3.08. The second-order valence-corrected chi connectivity index (χ2v) is 10.6. The molecule has 0 aliphatic rings. The maximum absolute atomic E-state index is 13.0. The van der Waals surface area contributed by atoms with E-state index in [1.165, 1.54) is 38.0 Å². The molecule has 172 valence electrons. The summed E-state index contributed by atoms with van der Waals surface area (Å²) in [6, 6.07) is 17.9. The molecule has 8 nitrogen and oxygen atoms in total. The average Bonchev–Trinajstić information content (AvgIpc) is 3.46. The molecule has 4 aromatic rings. The first-order valence-corrected chi connectivity index (χ1v) is 12.6. The Morgan fingerprint density at radius 2 is 1.82 bits per heavy atom. The van der Waals surface area contributed by atoms with Crippen molar-refractivity contribution < 1.29 is 22.0 Å². The first-order valence-electron chi connectivity index (χ1n) is 10.1. The summed E-state index contributed by atoms with van der Waals surface area (Å²) in [4.78, 5) is 19.2. The van der Waals surface area contributed by atoms with E-state index in [2.05, 4.69) is 4.98 Å². The molecule has 4 rings (SSSR count). The summed E-state index contributed by atoms with van der Waals surface area (Å²) >= 11 is 1.17. The minimum Gasteiger partial charge on any atom is -0.467 e. The fourth-order valence-corrected chi connectivity index (χ4v) is 4.82. The van der Waals surface area contributed by atoms with Gasteiger partial charge in [-0.25, -0.2) is 17.7 Å². The van der Waals surface area contributed by atoms with Crippen molar-refractivity contribution in [1.29, 1.82) is 0 Å². The van der Waals surface area contributed by atoms with Crippen molar-refractivity contribution in [2.75, 3.05) is 19.8 Å². The Balaban J connectivity index is 1.48. The van der Waals surface area contributed by atoms with E-state index in [4.69, 9.17) is 8.83 Å². The number of hydrogen-bond donors (Lipinski definition) is 0. The molecule has 0 radical (unpaired) electrons. The number of benzene rings is 2. The lowest BCUT2D eigenvalue weighted by molar-refractivity contribution is -0.129. The molecule has 0 aliphatic heterocycles. The summed E-state index contributed by atoms with van der Waals surface area (Å²) in [7, 11) is -0.633. The molecule has 0 bridgehead atoms. The van der Waals surface area contributed by atoms with Gasteiger partial charge in [-0.1, -0.05) is 42.1 Å². The molecular weight excluding hydrogens is 462 g/mol. The van der Waals surface area contributed by atoms with Gasteiger partial charge in [0.25, 0.3) is 5.22 Å². The number of hydrogen-bond acceptors (Lipinski definition) is 7. The lowest BCUT2D eigenvalue weighted by atomic mass is 10.2. The smallest absolute Gasteiger partial charge is 0.257 e. The third-order valence-electron chi connectivity index (χ3n) is 4.93. The minimum atomic E-state index is -3.58. The summed E-state index contributed by atoms with van der Waals surface area (Å²) in [5.74, 6) is 0.711. The van der Waals surface area contributed by atoms with Crippen LogP contribution < -0.4 is 0 Å². The summed E-state index contributed by atoms with van der Waals surface area (Å²) in [5, 5.41) is 0.301. The summed E-state index contributed by atoms with van der Waals surface area (Å²) in [5.41, 5.74) is 1.89. The van der Waals surface area contributed by atoms with Crippen LogP contribution in [0, 0.1) is 0 Å². The van der Waals surface area contributed by atoms with E-state index >= 15 is 0 Å². The van der Waals surface area contributed by atoms with Crippen molar-refractivity contribution in [3.63, 3.8) is 0 Å². The van der Waals surface area contributed by atoms with E-state index < -0.39 is 10.0 Å². The molecule has 2 aromatic carbocycles. The number of carbonyl (C=O) groups is 1. The van der Waals surface area contributed by atoms with Crippen LogP contribution in [-0.4, -0.2) is 48.4 Å². The standard InChI is InChI=1S/C23H23N3O5S2/c1-25(2)33(28,29)19-10-11-21-20(13-19)24-23(31-21)32-16-22(27)26(15-18-9-6-12-30-18)14-17-7-4-3-5-8-17/h3-13H,14-16H2,1-2H3. The molecule has 1 amide bonds. The molecule has 2 heterocycles. The van der Waals surface area contributed by atoms with E-state index in [1.807, 2.05) is 36.4 Å². The average molecular weight is 486 g/mol. The van der Waals surface area contributed by atoms with Gasteiger partial charge in [-0.15, -0.1) is 0 Å². The number of oxazole rings is 1. The zero-order valence-electron chi connectivity index (χ0n) is 18.2. The summed E-state index contributed by atoms with van der Waals surface area (Å²) in [6.07, 6.45) is 1.58. The Labute approximate surface area is 196 Å². The van der Waals surface area contributed by atoms with Crippen molar-refractivity contribution in [3.05, 3.63) is 78.3 Å². The van der Waals surface area contributed by atoms with Crippen molar-refractivity contribution in [2.24, 2.45) is 0 Å². The number of carbonyl (C=O) groups excluding carboxylic acids is 1. The Morgan fingerprint density at radius 1 is 1.03 bits per heavy atom. The van der Waals surface area contributed by atoms with Gasteiger partial charge in [0.15, 0.2) is 5.58 Å². The number of nitrogens with zero attached hydrogens (tertiary/aromatic N) is 3. The highest BCUT2D eigenvalue weighted by atomic mass is 32.2. The lowest BCUT2D eigenvalue weighted by Gasteiger charge is -2.21. The predicted octanol–water partition coefficient (Wildman–Crippen LogP) is 3.99. The zero-order chi connectivity index (χ0) is 23.4. The molecule has 0 saturated carbocycles. The molecule has 2 aromatic heterocycles. The number of furan rings is 1. The van der Waals surface area contributed by atoms with E-state index in [0.29, 0.717) is 35.2 Å². The molecule has 0 unspecified atom stereocenters. The molecule has 0 N–H and O–H groups in total. The number of rotatable bonds is 9. The van der Waals surface area contributed by atoms with E-state index in [1.54, 1.807) is 23.3 Å². The van der Waals surface area contributed by atoms with Crippen LogP contribution >= 0.6 is 11.8 Å². The van der Waals surface area contributed by atoms with Crippen LogP contribution in [0.2, 0.25) is 0 Å². The van der Waals surface area contributed by atoms with Gasteiger partial charge >= 0.3 is 0 Å². The number of sulfonamides is 1. The zero-order valence-corrected chi connectivity index (χ0v) is 19.8. The van der Waals surface area contributed by atoms with Crippen molar-refractivity contribution in [1.82, 2.24) is 14.2 Å². The predicted molar refractivity (Wildman–Crippen MR) is 125 cm³/mol. The number of thioether (sulfide) groups is 1. The fraction of sp³-hybridized carbons (Fsp3) is 0.217. The maximum atomic E-state index is 13.0. The third-order valence-corrected chi connectivity index (χ3v) is 7.56. The van der Waals surface area contributed by atoms with Crippen LogP contribution in [0.4, 0.5) is 0 Å². The SMILES string of the molecule is CN(C)S(=O)(=O)c1ccc2oc(SCC(=O)N(Cc3ccccc3)Cc3ccco3)nc2c1. The Kier molecular flexibility index (Phi) is 6.87. The molecule has 0 fully saturated rings. The van der Waals surface area contributed by atoms with E-state index in [0.717, 1.165) is 9.87 Å². The molecule has 10 heteroatoms. The van der Waals surface area contributed by atoms with Gasteiger partial charge in [0, 0.05) is 20.6 Å². The van der Waals surface area contributed by atoms with Gasteiger partial charge in [0.05, 0.1) is 23.5 Å². The molecule has 33 heavy (non-hydrogen) atoms. The molecule has 0 spiro atoms. The first-order chi connectivity index (χ1) is 15.8. The van der Waals surface area contributed by atoms with Crippen molar-refractivity contribution in [2.45, 2.75) is 23.2 Å². The van der Waals surface area contributed by atoms with Crippen LogP contribution in [0.3, 0.4) is 0 Å². The summed E-state index contributed by atoms with van der Waals surface area (Å²) in [6.45, 7) is 0.793. The highest BCUT2D eigenvalue weighted by molar-refractivity contribution is 7.99. The first kappa shape index (κ1) is 23.1. The second-order valence-electron chi connectivity index (χ2n) is 7.50. The van der Waals surface area contributed by atoms with Gasteiger partial charge in [0.2, 0.25) is 15.9 Å². The fourth-order valence-electron chi connectivity index (χ4n) is 3.16. The normalized spacial score (nSPS) is 11.8. The second kappa shape index (κ2) is 9.82. The largest absolute Gasteiger partial charge is 0.467 e. The van der Waals surface area contributed by atoms with E-state index in [-0.39, 0.29) is 16.6 Å². The van der Waals surface area contributed by atoms with Crippen LogP contribution in [0.1, 0.15) is 11.3 Å². The van der Waals surface area contributed by atoms with Gasteiger partial charge in [-0.2, -0.15) is 0 Å². The summed E-state index contributed by atoms with van der Waals surface area (Å²) < 4.78 is 37.0. The van der Waals surface area contributed by atoms with E-state index in [9.17, 15) is 13.2 Å². The topological polar surface area (TPSA) is 96.9 Å². The van der Waals surface area contributed by atoms with Gasteiger partial charge in [0.1, 0.15) is 11.3 Å². The highest BCUT2D eigenvalue weighted by Gasteiger charge is 2.20. The monoisotopic (exact) mass is 485 g/mol. The van der Waals surface area contributed by atoms with Crippen LogP contribution in [0.25, 0.3) is 11.1 Å². The minimum absolute atomic E-state index is 0.0987. The number of fused-ring (bicyclic) bond motifs is 1.